The van der Waals surface area contributed by atoms with Gasteiger partial charge in [0.15, 0.2) is 9.92 Å². The minimum absolute atomic E-state index is 0.0299. The van der Waals surface area contributed by atoms with Crippen molar-refractivity contribution in [1.29, 1.82) is 0 Å². The van der Waals surface area contributed by atoms with E-state index in [1.807, 2.05) is 6.92 Å². The first kappa shape index (κ1) is 17.7. The summed E-state index contributed by atoms with van der Waals surface area (Å²) in [5.74, 6) is 0.332. The molecular weight excluding hydrogens is 378 g/mol. The molecule has 2 amide bonds. The molecule has 28 heavy (non-hydrogen) atoms. The Morgan fingerprint density at radius 3 is 2.64 bits per heavy atom. The quantitative estimate of drug-likeness (QED) is 0.806. The molecule has 0 saturated heterocycles. The molecule has 5 rings (SSSR count). The molecule has 2 atom stereocenters. The smallest absolute Gasteiger partial charge is 0.354 e. The molecule has 0 radical (unpaired) electrons. The van der Waals surface area contributed by atoms with E-state index in [1.165, 1.54) is 28.5 Å². The van der Waals surface area contributed by atoms with E-state index in [1.54, 1.807) is 4.68 Å². The number of carbonyl (C=O) groups excluding carboxylic acids is 1. The highest BCUT2D eigenvalue weighted by atomic mass is 32.2. The molecule has 1 aliphatic heterocycles. The number of ether oxygens (including phenoxy) is 1. The number of hydrogen-bond donors (Lipinski definition) is 2. The van der Waals surface area contributed by atoms with Gasteiger partial charge in [-0.3, -0.25) is 0 Å². The van der Waals surface area contributed by atoms with Crippen LogP contribution in [0.1, 0.15) is 48.1 Å². The first-order valence-electron chi connectivity index (χ1n) is 9.67. The van der Waals surface area contributed by atoms with Crippen LogP contribution in [-0.4, -0.2) is 26.6 Å². The van der Waals surface area contributed by atoms with Gasteiger partial charge in [0.05, 0.1) is 12.2 Å². The molecule has 3 N–H and O–H groups in total. The molecule has 0 spiro atoms. The number of rotatable bonds is 2. The van der Waals surface area contributed by atoms with Crippen LogP contribution in [0, 0.1) is 0 Å². The van der Waals surface area contributed by atoms with E-state index >= 15 is 0 Å². The molecule has 0 unspecified atom stereocenters. The summed E-state index contributed by atoms with van der Waals surface area (Å²) in [5.41, 5.74) is 5.85. The molecule has 0 fully saturated rings. The molecule has 3 aliphatic rings. The van der Waals surface area contributed by atoms with Crippen LogP contribution in [0.2, 0.25) is 0 Å². The lowest BCUT2D eigenvalue weighted by atomic mass is 9.99. The number of aromatic nitrogens is 2. The first-order valence-corrected chi connectivity index (χ1v) is 11.2. The number of nitrogens with two attached hydrogens (primary N) is 1. The molecule has 2 heterocycles. The van der Waals surface area contributed by atoms with Crippen LogP contribution >= 0.6 is 0 Å². The number of nitrogens with one attached hydrogen (secondary N) is 1. The van der Waals surface area contributed by atoms with E-state index in [-0.39, 0.29) is 10.9 Å². The zero-order chi connectivity index (χ0) is 19.5. The van der Waals surface area contributed by atoms with Crippen molar-refractivity contribution < 1.29 is 13.7 Å². The second-order valence-corrected chi connectivity index (χ2v) is 9.50. The summed E-state index contributed by atoms with van der Waals surface area (Å²) in [7, 11) is -3.46. The Hall–Kier alpha value is -2.39. The highest BCUT2D eigenvalue weighted by Crippen LogP contribution is 2.39. The lowest BCUT2D eigenvalue weighted by Gasteiger charge is -2.15. The van der Waals surface area contributed by atoms with Gasteiger partial charge >= 0.3 is 6.03 Å². The van der Waals surface area contributed by atoms with Crippen LogP contribution in [0.5, 0.6) is 5.88 Å². The summed E-state index contributed by atoms with van der Waals surface area (Å²) in [6, 6.07) is 1.63. The van der Waals surface area contributed by atoms with Gasteiger partial charge in [0.1, 0.15) is 11.5 Å². The lowest BCUT2D eigenvalue weighted by Crippen LogP contribution is -2.19. The molecule has 0 bridgehead atoms. The minimum atomic E-state index is -3.46. The zero-order valence-corrected chi connectivity index (χ0v) is 16.6. The van der Waals surface area contributed by atoms with Gasteiger partial charge < -0.3 is 10.1 Å². The van der Waals surface area contributed by atoms with Gasteiger partial charge in [-0.2, -0.15) is 5.10 Å². The number of amides is 2. The number of nitrogens with zero attached hydrogens (tertiary/aromatic N) is 3. The fourth-order valence-corrected chi connectivity index (χ4v) is 5.52. The van der Waals surface area contributed by atoms with E-state index in [0.29, 0.717) is 12.5 Å². The van der Waals surface area contributed by atoms with Crippen LogP contribution in [0.4, 0.5) is 10.5 Å². The van der Waals surface area contributed by atoms with E-state index in [0.717, 1.165) is 44.2 Å². The largest absolute Gasteiger partial charge is 0.475 e. The number of aryl methyl sites for hydroxylation is 2. The van der Waals surface area contributed by atoms with Crippen molar-refractivity contribution in [1.82, 2.24) is 9.78 Å². The van der Waals surface area contributed by atoms with Crippen molar-refractivity contribution in [3.63, 3.8) is 0 Å². The Bertz CT molecular complexity index is 1080. The maximum absolute atomic E-state index is 13.0. The number of hydrogen-bond acceptors (Lipinski definition) is 4. The number of urea groups is 1. The van der Waals surface area contributed by atoms with Gasteiger partial charge in [-0.25, -0.2) is 18.8 Å². The molecule has 2 aromatic rings. The van der Waals surface area contributed by atoms with Crippen molar-refractivity contribution >= 4 is 21.6 Å². The molecule has 2 aliphatic carbocycles. The van der Waals surface area contributed by atoms with Gasteiger partial charge in [0, 0.05) is 5.69 Å². The standard InChI is InChI=1S/C19H23N5O3S/c1-11-10-27-18-16(9-21-24(11)18)28(20,26)23-19(25)22-17-14-6-2-4-12(14)8-13-5-3-7-15(13)17/h8-9,11H,2-7,10H2,1H3,(H3,20,22,23,25,26)/t11-,28-/m0/s1. The van der Waals surface area contributed by atoms with E-state index in [4.69, 9.17) is 9.88 Å². The lowest BCUT2D eigenvalue weighted by molar-refractivity contribution is 0.260. The minimum Gasteiger partial charge on any atom is -0.475 e. The normalized spacial score (nSPS) is 21.4. The topological polar surface area (TPSA) is 112 Å². The average Bonchev–Trinajstić information content (AvgIpc) is 3.38. The van der Waals surface area contributed by atoms with Crippen LogP contribution in [0.25, 0.3) is 0 Å². The third-order valence-electron chi connectivity index (χ3n) is 5.84. The second-order valence-electron chi connectivity index (χ2n) is 7.74. The first-order chi connectivity index (χ1) is 13.4. The summed E-state index contributed by atoms with van der Waals surface area (Å²) in [6.45, 7) is 2.37. The van der Waals surface area contributed by atoms with Crippen LogP contribution in [0.15, 0.2) is 21.5 Å². The van der Waals surface area contributed by atoms with E-state index < -0.39 is 15.9 Å². The maximum Gasteiger partial charge on any atom is 0.354 e. The van der Waals surface area contributed by atoms with Crippen LogP contribution < -0.4 is 15.2 Å². The summed E-state index contributed by atoms with van der Waals surface area (Å²) >= 11 is 0. The number of benzene rings is 1. The van der Waals surface area contributed by atoms with Gasteiger partial charge in [0.2, 0.25) is 5.88 Å². The second kappa shape index (κ2) is 6.31. The highest BCUT2D eigenvalue weighted by molar-refractivity contribution is 7.91. The van der Waals surface area contributed by atoms with Crippen molar-refractivity contribution in [2.75, 3.05) is 11.9 Å². The molecule has 1 aromatic carbocycles. The third kappa shape index (κ3) is 2.72. The molecule has 148 valence electrons. The monoisotopic (exact) mass is 401 g/mol. The maximum atomic E-state index is 13.0. The van der Waals surface area contributed by atoms with Crippen LogP contribution in [0.3, 0.4) is 0 Å². The Balaban J connectivity index is 1.49. The van der Waals surface area contributed by atoms with Crippen molar-refractivity contribution in [3.8, 4) is 5.88 Å². The summed E-state index contributed by atoms with van der Waals surface area (Å²) < 4.78 is 24.0. The van der Waals surface area contributed by atoms with Crippen molar-refractivity contribution in [2.45, 2.75) is 56.4 Å². The molecular formula is C19H23N5O3S. The molecule has 8 nitrogen and oxygen atoms in total. The third-order valence-corrected chi connectivity index (χ3v) is 7.18. The summed E-state index contributed by atoms with van der Waals surface area (Å²) in [5, 5.41) is 13.0. The van der Waals surface area contributed by atoms with Crippen LogP contribution in [-0.2, 0) is 35.6 Å². The predicted molar refractivity (Wildman–Crippen MR) is 105 cm³/mol. The zero-order valence-electron chi connectivity index (χ0n) is 15.7. The number of anilines is 1. The van der Waals surface area contributed by atoms with Crippen molar-refractivity contribution in [3.05, 3.63) is 34.5 Å². The Kier molecular flexibility index (Phi) is 3.99. The Labute approximate surface area is 163 Å². The average molecular weight is 401 g/mol. The van der Waals surface area contributed by atoms with Gasteiger partial charge in [-0.1, -0.05) is 6.07 Å². The Morgan fingerprint density at radius 1 is 1.29 bits per heavy atom. The highest BCUT2D eigenvalue weighted by Gasteiger charge is 2.30. The SMILES string of the molecule is C[C@H]1COc2c([S@@](N)(=O)=NC(=O)Nc3c4c(cc5c3CCC5)CCC4)cnn21. The Morgan fingerprint density at radius 2 is 1.96 bits per heavy atom. The number of carbonyl (C=O) groups is 1. The fourth-order valence-electron chi connectivity index (χ4n) is 4.53. The van der Waals surface area contributed by atoms with Gasteiger partial charge in [-0.15, -0.1) is 4.36 Å². The molecule has 0 saturated carbocycles. The predicted octanol–water partition coefficient (Wildman–Crippen LogP) is 2.75. The molecule has 1 aromatic heterocycles. The van der Waals surface area contributed by atoms with E-state index in [2.05, 4.69) is 20.8 Å². The van der Waals surface area contributed by atoms with Gasteiger partial charge in [-0.05, 0) is 67.7 Å². The van der Waals surface area contributed by atoms with Crippen molar-refractivity contribution in [2.24, 2.45) is 9.50 Å². The van der Waals surface area contributed by atoms with E-state index in [9.17, 15) is 9.00 Å². The molecule has 9 heteroatoms. The fraction of sp³-hybridized carbons (Fsp3) is 0.474. The summed E-state index contributed by atoms with van der Waals surface area (Å²) in [6.07, 6.45) is 7.51. The summed E-state index contributed by atoms with van der Waals surface area (Å²) in [4.78, 5) is 12.8. The van der Waals surface area contributed by atoms with Gasteiger partial charge in [0.25, 0.3) is 0 Å². The number of fused-ring (bicyclic) bond motifs is 3.